The van der Waals surface area contributed by atoms with E-state index in [9.17, 15) is 4.79 Å². The summed E-state index contributed by atoms with van der Waals surface area (Å²) in [5, 5.41) is 0. The molecule has 0 fully saturated rings. The van der Waals surface area contributed by atoms with Crippen LogP contribution in [0.1, 0.15) is 31.1 Å². The predicted molar refractivity (Wildman–Crippen MR) is 63.8 cm³/mol. The number of carbonyl (C=O) groups is 1. The first-order valence-corrected chi connectivity index (χ1v) is 5.51. The Bertz CT molecular complexity index is 354. The molecule has 82 valence electrons. The van der Waals surface area contributed by atoms with Gasteiger partial charge in [-0.15, -0.1) is 0 Å². The van der Waals surface area contributed by atoms with Crippen LogP contribution in [0.5, 0.6) is 0 Å². The third kappa shape index (κ3) is 3.02. The molecule has 1 rings (SSSR count). The first kappa shape index (κ1) is 12.2. The summed E-state index contributed by atoms with van der Waals surface area (Å²) in [4.78, 5) is 17.7. The molecule has 4 heteroatoms. The molecule has 0 bridgehead atoms. The maximum absolute atomic E-state index is 12.0. The molecule has 0 aliphatic carbocycles. The summed E-state index contributed by atoms with van der Waals surface area (Å²) in [6, 6.07) is 3.53. The Morgan fingerprint density at radius 3 is 2.40 bits per heavy atom. The molecule has 15 heavy (non-hydrogen) atoms. The predicted octanol–water partition coefficient (Wildman–Crippen LogP) is 2.71. The van der Waals surface area contributed by atoms with Gasteiger partial charge >= 0.3 is 0 Å². The zero-order valence-corrected chi connectivity index (χ0v) is 11.0. The standard InChI is InChI=1S/C11H15BrN2O/c1-11(2,3)14(4)10(15)8-5-6-9(12)13-7-8/h5-7H,1-4H3. The number of pyridine rings is 1. The second-order valence-electron chi connectivity index (χ2n) is 4.40. The quantitative estimate of drug-likeness (QED) is 0.736. The van der Waals surface area contributed by atoms with Gasteiger partial charge in [0, 0.05) is 18.8 Å². The van der Waals surface area contributed by atoms with E-state index in [1.165, 1.54) is 0 Å². The van der Waals surface area contributed by atoms with Crippen molar-refractivity contribution in [1.82, 2.24) is 9.88 Å². The number of hydrogen-bond donors (Lipinski definition) is 0. The van der Waals surface area contributed by atoms with Crippen molar-refractivity contribution in [2.24, 2.45) is 0 Å². The van der Waals surface area contributed by atoms with Crippen LogP contribution in [0.4, 0.5) is 0 Å². The largest absolute Gasteiger partial charge is 0.337 e. The van der Waals surface area contributed by atoms with Crippen LogP contribution in [-0.4, -0.2) is 28.4 Å². The molecule has 0 aliphatic rings. The Morgan fingerprint density at radius 1 is 1.40 bits per heavy atom. The van der Waals surface area contributed by atoms with Gasteiger partial charge in [-0.1, -0.05) is 0 Å². The van der Waals surface area contributed by atoms with Gasteiger partial charge in [0.1, 0.15) is 4.60 Å². The molecule has 0 unspecified atom stereocenters. The van der Waals surface area contributed by atoms with E-state index in [2.05, 4.69) is 20.9 Å². The highest BCUT2D eigenvalue weighted by atomic mass is 79.9. The molecule has 0 spiro atoms. The lowest BCUT2D eigenvalue weighted by molar-refractivity contribution is 0.0655. The van der Waals surface area contributed by atoms with Crippen molar-refractivity contribution in [2.75, 3.05) is 7.05 Å². The third-order valence-electron chi connectivity index (χ3n) is 2.29. The molecular weight excluding hydrogens is 256 g/mol. The van der Waals surface area contributed by atoms with Crippen LogP contribution < -0.4 is 0 Å². The number of halogens is 1. The van der Waals surface area contributed by atoms with Crippen molar-refractivity contribution < 1.29 is 4.79 Å². The maximum Gasteiger partial charge on any atom is 0.255 e. The van der Waals surface area contributed by atoms with E-state index in [0.29, 0.717) is 5.56 Å². The molecular formula is C11H15BrN2O. The topological polar surface area (TPSA) is 33.2 Å². The zero-order chi connectivity index (χ0) is 11.6. The summed E-state index contributed by atoms with van der Waals surface area (Å²) in [5.74, 6) is -0.0116. The van der Waals surface area contributed by atoms with Gasteiger partial charge in [0.15, 0.2) is 0 Å². The Morgan fingerprint density at radius 2 is 2.00 bits per heavy atom. The van der Waals surface area contributed by atoms with E-state index in [0.717, 1.165) is 4.60 Å². The molecule has 0 aromatic carbocycles. The number of hydrogen-bond acceptors (Lipinski definition) is 2. The van der Waals surface area contributed by atoms with Crippen LogP contribution in [0.15, 0.2) is 22.9 Å². The van der Waals surface area contributed by atoms with Gasteiger partial charge < -0.3 is 4.90 Å². The number of carbonyl (C=O) groups excluding carboxylic acids is 1. The average molecular weight is 271 g/mol. The summed E-state index contributed by atoms with van der Waals surface area (Å²) in [6.07, 6.45) is 1.58. The van der Waals surface area contributed by atoms with E-state index in [1.54, 1.807) is 30.3 Å². The van der Waals surface area contributed by atoms with Crippen molar-refractivity contribution in [3.05, 3.63) is 28.5 Å². The Labute approximate surface area is 98.6 Å². The minimum Gasteiger partial charge on any atom is -0.337 e. The molecule has 1 amide bonds. The average Bonchev–Trinajstić information content (AvgIpc) is 2.15. The Balaban J connectivity index is 2.90. The van der Waals surface area contributed by atoms with Crippen molar-refractivity contribution in [2.45, 2.75) is 26.3 Å². The third-order valence-corrected chi connectivity index (χ3v) is 2.75. The minimum atomic E-state index is -0.176. The van der Waals surface area contributed by atoms with Crippen molar-refractivity contribution in [3.63, 3.8) is 0 Å². The fourth-order valence-electron chi connectivity index (χ4n) is 1.00. The van der Waals surface area contributed by atoms with E-state index >= 15 is 0 Å². The van der Waals surface area contributed by atoms with Crippen LogP contribution in [0.3, 0.4) is 0 Å². The number of aromatic nitrogens is 1. The van der Waals surface area contributed by atoms with Crippen molar-refractivity contribution in [3.8, 4) is 0 Å². The van der Waals surface area contributed by atoms with E-state index in [4.69, 9.17) is 0 Å². The second-order valence-corrected chi connectivity index (χ2v) is 5.22. The smallest absolute Gasteiger partial charge is 0.255 e. The lowest BCUT2D eigenvalue weighted by Crippen LogP contribution is -2.42. The second kappa shape index (κ2) is 4.31. The van der Waals surface area contributed by atoms with Gasteiger partial charge in [-0.25, -0.2) is 4.98 Å². The molecule has 0 aliphatic heterocycles. The van der Waals surface area contributed by atoms with Crippen LogP contribution in [0.2, 0.25) is 0 Å². The Hall–Kier alpha value is -0.900. The lowest BCUT2D eigenvalue weighted by atomic mass is 10.1. The number of amides is 1. The molecule has 0 saturated carbocycles. The normalized spacial score (nSPS) is 11.3. The van der Waals surface area contributed by atoms with E-state index < -0.39 is 0 Å². The highest BCUT2D eigenvalue weighted by Crippen LogP contribution is 2.15. The van der Waals surface area contributed by atoms with E-state index in [-0.39, 0.29) is 11.4 Å². The molecule has 1 aromatic heterocycles. The monoisotopic (exact) mass is 270 g/mol. The van der Waals surface area contributed by atoms with Gasteiger partial charge in [0.05, 0.1) is 5.56 Å². The van der Waals surface area contributed by atoms with Crippen molar-refractivity contribution in [1.29, 1.82) is 0 Å². The van der Waals surface area contributed by atoms with E-state index in [1.807, 2.05) is 20.8 Å². The summed E-state index contributed by atoms with van der Waals surface area (Å²) in [6.45, 7) is 5.99. The van der Waals surface area contributed by atoms with Gasteiger partial charge in [0.2, 0.25) is 0 Å². The molecule has 1 aromatic rings. The van der Waals surface area contributed by atoms with Gasteiger partial charge in [0.25, 0.3) is 5.91 Å². The summed E-state index contributed by atoms with van der Waals surface area (Å²) >= 11 is 3.24. The highest BCUT2D eigenvalue weighted by Gasteiger charge is 2.23. The fraction of sp³-hybridized carbons (Fsp3) is 0.455. The van der Waals surface area contributed by atoms with Crippen LogP contribution in [-0.2, 0) is 0 Å². The highest BCUT2D eigenvalue weighted by molar-refractivity contribution is 9.10. The van der Waals surface area contributed by atoms with Crippen molar-refractivity contribution >= 4 is 21.8 Å². The number of rotatable bonds is 1. The van der Waals surface area contributed by atoms with Crippen LogP contribution in [0.25, 0.3) is 0 Å². The number of nitrogens with zero attached hydrogens (tertiary/aromatic N) is 2. The van der Waals surface area contributed by atoms with Gasteiger partial charge in [-0.05, 0) is 48.8 Å². The summed E-state index contributed by atoms with van der Waals surface area (Å²) in [7, 11) is 1.80. The molecule has 1 heterocycles. The zero-order valence-electron chi connectivity index (χ0n) is 9.41. The van der Waals surface area contributed by atoms with Gasteiger partial charge in [-0.2, -0.15) is 0 Å². The summed E-state index contributed by atoms with van der Waals surface area (Å²) < 4.78 is 0.734. The molecule has 0 atom stereocenters. The van der Waals surface area contributed by atoms with Gasteiger partial charge in [-0.3, -0.25) is 4.79 Å². The first-order valence-electron chi connectivity index (χ1n) is 4.72. The maximum atomic E-state index is 12.0. The lowest BCUT2D eigenvalue weighted by Gasteiger charge is -2.31. The minimum absolute atomic E-state index is 0.0116. The van der Waals surface area contributed by atoms with Crippen LogP contribution in [0, 0.1) is 0 Å². The molecule has 0 radical (unpaired) electrons. The summed E-state index contributed by atoms with van der Waals surface area (Å²) in [5.41, 5.74) is 0.431. The SMILES string of the molecule is CN(C(=O)c1ccc(Br)nc1)C(C)(C)C. The first-order chi connectivity index (χ1) is 6.82. The van der Waals surface area contributed by atoms with Crippen LogP contribution >= 0.6 is 15.9 Å². The Kier molecular flexibility index (Phi) is 3.50. The molecule has 0 N–H and O–H groups in total. The fourth-order valence-corrected chi connectivity index (χ4v) is 1.24. The molecule has 0 saturated heterocycles. The molecule has 3 nitrogen and oxygen atoms in total.